The van der Waals surface area contributed by atoms with Crippen LogP contribution >= 0.6 is 27.7 Å². The SMILES string of the molecule is CC(C)(CSCc1cccc(Oc2ccc(Br)cc2)c1)c1cccc(C(F)(F)F)c1. The summed E-state index contributed by atoms with van der Waals surface area (Å²) in [5.41, 5.74) is 0.819. The highest BCUT2D eigenvalue weighted by Crippen LogP contribution is 2.35. The molecule has 3 aromatic rings. The van der Waals surface area contributed by atoms with Crippen LogP contribution in [-0.2, 0) is 17.3 Å². The van der Waals surface area contributed by atoms with Crippen LogP contribution in [0.1, 0.15) is 30.5 Å². The van der Waals surface area contributed by atoms with Crippen molar-refractivity contribution in [3.63, 3.8) is 0 Å². The van der Waals surface area contributed by atoms with E-state index < -0.39 is 11.7 Å². The van der Waals surface area contributed by atoms with Crippen LogP contribution in [0.5, 0.6) is 11.5 Å². The Kier molecular flexibility index (Phi) is 7.19. The van der Waals surface area contributed by atoms with E-state index in [0.29, 0.717) is 11.3 Å². The van der Waals surface area contributed by atoms with Crippen molar-refractivity contribution in [3.8, 4) is 11.5 Å². The molecule has 0 unspecified atom stereocenters. The first-order valence-corrected chi connectivity index (χ1v) is 11.4. The first kappa shape index (κ1) is 22.8. The van der Waals surface area contributed by atoms with Crippen molar-refractivity contribution in [3.05, 3.63) is 94.0 Å². The molecule has 0 fully saturated rings. The molecule has 0 saturated heterocycles. The summed E-state index contributed by atoms with van der Waals surface area (Å²) < 4.78 is 46.0. The number of hydrogen-bond acceptors (Lipinski definition) is 2. The highest BCUT2D eigenvalue weighted by atomic mass is 79.9. The van der Waals surface area contributed by atoms with Gasteiger partial charge in [0, 0.05) is 16.0 Å². The zero-order valence-electron chi connectivity index (χ0n) is 16.7. The predicted molar refractivity (Wildman–Crippen MR) is 121 cm³/mol. The van der Waals surface area contributed by atoms with Crippen molar-refractivity contribution in [1.82, 2.24) is 0 Å². The Labute approximate surface area is 187 Å². The summed E-state index contributed by atoms with van der Waals surface area (Å²) in [6.07, 6.45) is -4.32. The maximum Gasteiger partial charge on any atom is 0.416 e. The zero-order chi connectivity index (χ0) is 21.8. The number of benzene rings is 3. The molecule has 0 spiro atoms. The lowest BCUT2D eigenvalue weighted by Gasteiger charge is -2.26. The molecule has 0 amide bonds. The number of hydrogen-bond donors (Lipinski definition) is 0. The van der Waals surface area contributed by atoms with Crippen molar-refractivity contribution < 1.29 is 17.9 Å². The van der Waals surface area contributed by atoms with Gasteiger partial charge in [0.1, 0.15) is 11.5 Å². The van der Waals surface area contributed by atoms with E-state index in [1.165, 1.54) is 12.1 Å². The summed E-state index contributed by atoms with van der Waals surface area (Å²) >= 11 is 5.10. The average molecular weight is 495 g/mol. The Morgan fingerprint density at radius 2 is 1.50 bits per heavy atom. The van der Waals surface area contributed by atoms with Crippen molar-refractivity contribution >= 4 is 27.7 Å². The molecular formula is C24H22BrF3OS. The van der Waals surface area contributed by atoms with E-state index in [-0.39, 0.29) is 5.41 Å². The summed E-state index contributed by atoms with van der Waals surface area (Å²) in [6.45, 7) is 3.95. The highest BCUT2D eigenvalue weighted by Gasteiger charge is 2.32. The molecule has 0 aromatic heterocycles. The Morgan fingerprint density at radius 1 is 0.833 bits per heavy atom. The molecule has 0 aliphatic carbocycles. The van der Waals surface area contributed by atoms with Crippen LogP contribution in [0, 0.1) is 0 Å². The molecule has 6 heteroatoms. The lowest BCUT2D eigenvalue weighted by molar-refractivity contribution is -0.137. The Morgan fingerprint density at radius 3 is 2.20 bits per heavy atom. The first-order valence-electron chi connectivity index (χ1n) is 9.41. The second-order valence-electron chi connectivity index (χ2n) is 7.66. The largest absolute Gasteiger partial charge is 0.457 e. The quantitative estimate of drug-likeness (QED) is 0.325. The fourth-order valence-corrected chi connectivity index (χ4v) is 4.42. The minimum Gasteiger partial charge on any atom is -0.457 e. The van der Waals surface area contributed by atoms with Crippen LogP contribution < -0.4 is 4.74 Å². The van der Waals surface area contributed by atoms with E-state index in [1.807, 2.05) is 62.4 Å². The second kappa shape index (κ2) is 9.48. The molecule has 3 rings (SSSR count). The average Bonchev–Trinajstić information content (AvgIpc) is 2.69. The van der Waals surface area contributed by atoms with Gasteiger partial charge in [-0.3, -0.25) is 0 Å². The molecule has 0 aliphatic heterocycles. The van der Waals surface area contributed by atoms with E-state index >= 15 is 0 Å². The van der Waals surface area contributed by atoms with Gasteiger partial charge in [0.25, 0.3) is 0 Å². The van der Waals surface area contributed by atoms with E-state index in [9.17, 15) is 13.2 Å². The Bertz CT molecular complexity index is 984. The Hall–Kier alpha value is -1.92. The molecule has 0 radical (unpaired) electrons. The molecule has 0 heterocycles. The lowest BCUT2D eigenvalue weighted by atomic mass is 9.86. The van der Waals surface area contributed by atoms with Crippen molar-refractivity contribution in [2.45, 2.75) is 31.2 Å². The summed E-state index contributed by atoms with van der Waals surface area (Å²) in [5, 5.41) is 0. The van der Waals surface area contributed by atoms with Crippen LogP contribution in [-0.4, -0.2) is 5.75 Å². The van der Waals surface area contributed by atoms with Crippen LogP contribution in [0.3, 0.4) is 0 Å². The second-order valence-corrected chi connectivity index (χ2v) is 9.56. The van der Waals surface area contributed by atoms with E-state index in [4.69, 9.17) is 4.74 Å². The summed E-state index contributed by atoms with van der Waals surface area (Å²) in [7, 11) is 0. The third-order valence-corrected chi connectivity index (χ3v) is 6.64. The molecule has 0 bridgehead atoms. The summed E-state index contributed by atoms with van der Waals surface area (Å²) in [5.74, 6) is 2.97. The number of ether oxygens (including phenoxy) is 1. The summed E-state index contributed by atoms with van der Waals surface area (Å²) in [4.78, 5) is 0. The Balaban J connectivity index is 1.61. The van der Waals surface area contributed by atoms with Gasteiger partial charge in [0.2, 0.25) is 0 Å². The predicted octanol–water partition coefficient (Wildman–Crippen LogP) is 8.47. The topological polar surface area (TPSA) is 9.23 Å². The fraction of sp³-hybridized carbons (Fsp3) is 0.250. The summed E-state index contributed by atoms with van der Waals surface area (Å²) in [6, 6.07) is 21.1. The molecule has 0 atom stereocenters. The van der Waals surface area contributed by atoms with E-state index in [2.05, 4.69) is 15.9 Å². The molecule has 3 aromatic carbocycles. The van der Waals surface area contributed by atoms with Gasteiger partial charge in [-0.15, -0.1) is 0 Å². The van der Waals surface area contributed by atoms with Gasteiger partial charge in [0.15, 0.2) is 0 Å². The van der Waals surface area contributed by atoms with Gasteiger partial charge in [0.05, 0.1) is 5.56 Å². The molecule has 0 saturated carbocycles. The fourth-order valence-electron chi connectivity index (χ4n) is 2.96. The van der Waals surface area contributed by atoms with Crippen LogP contribution in [0.2, 0.25) is 0 Å². The monoisotopic (exact) mass is 494 g/mol. The number of halogens is 4. The maximum absolute atomic E-state index is 13.0. The molecule has 0 aliphatic rings. The molecular weight excluding hydrogens is 473 g/mol. The molecule has 0 N–H and O–H groups in total. The van der Waals surface area contributed by atoms with E-state index in [0.717, 1.165) is 33.4 Å². The third-order valence-electron chi connectivity index (χ3n) is 4.65. The smallest absolute Gasteiger partial charge is 0.416 e. The third kappa shape index (κ3) is 6.29. The van der Waals surface area contributed by atoms with Crippen LogP contribution in [0.25, 0.3) is 0 Å². The maximum atomic E-state index is 13.0. The zero-order valence-corrected chi connectivity index (χ0v) is 19.1. The van der Waals surface area contributed by atoms with Crippen molar-refractivity contribution in [2.75, 3.05) is 5.75 Å². The van der Waals surface area contributed by atoms with Gasteiger partial charge in [-0.2, -0.15) is 24.9 Å². The molecule has 30 heavy (non-hydrogen) atoms. The minimum atomic E-state index is -4.32. The van der Waals surface area contributed by atoms with E-state index in [1.54, 1.807) is 17.8 Å². The lowest BCUT2D eigenvalue weighted by Crippen LogP contribution is -2.21. The number of thioether (sulfide) groups is 1. The van der Waals surface area contributed by atoms with Crippen LogP contribution in [0.4, 0.5) is 13.2 Å². The van der Waals surface area contributed by atoms with Gasteiger partial charge in [-0.1, -0.05) is 60.1 Å². The van der Waals surface area contributed by atoms with Gasteiger partial charge < -0.3 is 4.74 Å². The van der Waals surface area contributed by atoms with Gasteiger partial charge >= 0.3 is 6.18 Å². The molecule has 1 nitrogen and oxygen atoms in total. The molecule has 158 valence electrons. The van der Waals surface area contributed by atoms with Crippen LogP contribution in [0.15, 0.2) is 77.3 Å². The van der Waals surface area contributed by atoms with Crippen molar-refractivity contribution in [2.24, 2.45) is 0 Å². The normalized spacial score (nSPS) is 12.1. The van der Waals surface area contributed by atoms with Crippen molar-refractivity contribution in [1.29, 1.82) is 0 Å². The van der Waals surface area contributed by atoms with Gasteiger partial charge in [-0.25, -0.2) is 0 Å². The first-order chi connectivity index (χ1) is 14.1. The highest BCUT2D eigenvalue weighted by molar-refractivity contribution is 9.10. The minimum absolute atomic E-state index is 0.378. The number of rotatable bonds is 7. The standard InChI is InChI=1S/C24H22BrF3OS/c1-23(2,18-6-4-7-19(14-18)24(26,27)28)16-30-15-17-5-3-8-22(13-17)29-21-11-9-20(25)10-12-21/h3-14H,15-16H2,1-2H3. The van der Waals surface area contributed by atoms with Gasteiger partial charge in [-0.05, 0) is 59.0 Å². The number of alkyl halides is 3.